The number of thiophene rings is 1. The van der Waals surface area contributed by atoms with Gasteiger partial charge in [0.25, 0.3) is 0 Å². The van der Waals surface area contributed by atoms with Crippen LogP contribution in [0.15, 0.2) is 35.0 Å². The highest BCUT2D eigenvalue weighted by Gasteiger charge is 2.26. The van der Waals surface area contributed by atoms with Crippen molar-refractivity contribution >= 4 is 38.4 Å². The van der Waals surface area contributed by atoms with E-state index in [1.54, 1.807) is 22.7 Å². The number of anilines is 1. The van der Waals surface area contributed by atoms with Crippen LogP contribution in [0.25, 0.3) is 21.1 Å². The summed E-state index contributed by atoms with van der Waals surface area (Å²) in [7, 11) is -3.20. The predicted molar refractivity (Wildman–Crippen MR) is 101 cm³/mol. The lowest BCUT2D eigenvalue weighted by Crippen LogP contribution is -2.27. The first-order valence-electron chi connectivity index (χ1n) is 7.54. The number of aryl methyl sites for hydroxylation is 1. The van der Waals surface area contributed by atoms with Gasteiger partial charge in [0, 0.05) is 17.5 Å². The first-order chi connectivity index (χ1) is 11.4. The Hall–Kier alpha value is -1.70. The number of fused-ring (bicyclic) bond motifs is 1. The lowest BCUT2D eigenvalue weighted by Gasteiger charge is -2.16. The van der Waals surface area contributed by atoms with E-state index in [4.69, 9.17) is 4.98 Å². The maximum absolute atomic E-state index is 11.8. The van der Waals surface area contributed by atoms with Gasteiger partial charge in [0.05, 0.1) is 22.5 Å². The molecule has 0 atom stereocenters. The molecule has 4 nitrogen and oxygen atoms in total. The Labute approximate surface area is 149 Å². The lowest BCUT2D eigenvalue weighted by atomic mass is 10.1. The Morgan fingerprint density at radius 3 is 2.75 bits per heavy atom. The largest absolute Gasteiger partial charge is 0.270 e. The van der Waals surface area contributed by atoms with Gasteiger partial charge in [-0.05, 0) is 48.1 Å². The van der Waals surface area contributed by atoms with Crippen molar-refractivity contribution in [1.29, 1.82) is 0 Å². The maximum Gasteiger partial charge on any atom is 0.232 e. The van der Waals surface area contributed by atoms with Crippen LogP contribution in [0.3, 0.4) is 0 Å². The first-order valence-corrected chi connectivity index (χ1v) is 11.2. The van der Waals surface area contributed by atoms with Gasteiger partial charge in [0.2, 0.25) is 10.0 Å². The summed E-state index contributed by atoms with van der Waals surface area (Å²) in [4.78, 5) is 5.99. The Bertz CT molecular complexity index is 1020. The van der Waals surface area contributed by atoms with E-state index in [0.29, 0.717) is 6.54 Å². The summed E-state index contributed by atoms with van der Waals surface area (Å²) >= 11 is 3.36. The standard InChI is InChI=1S/C17H16N2O2S3/c1-11-6-8-22-16(11)17-18-14(10-23-17)12-3-4-15-13(9-12)5-7-19(15)24(2,20)21/h3-4,6,8-10H,5,7H2,1-2H3. The summed E-state index contributed by atoms with van der Waals surface area (Å²) in [5, 5.41) is 5.19. The molecule has 3 aromatic rings. The van der Waals surface area contributed by atoms with Crippen LogP contribution in [0, 0.1) is 6.92 Å². The van der Waals surface area contributed by atoms with Crippen molar-refractivity contribution in [2.75, 3.05) is 17.1 Å². The Kier molecular flexibility index (Phi) is 3.74. The number of nitrogens with zero attached hydrogens (tertiary/aromatic N) is 2. The molecule has 3 heterocycles. The van der Waals surface area contributed by atoms with Gasteiger partial charge >= 0.3 is 0 Å². The van der Waals surface area contributed by atoms with Crippen LogP contribution in [-0.4, -0.2) is 26.2 Å². The lowest BCUT2D eigenvalue weighted by molar-refractivity contribution is 0.598. The topological polar surface area (TPSA) is 50.3 Å². The second-order valence-corrected chi connectivity index (χ2v) is 9.58. The zero-order valence-electron chi connectivity index (χ0n) is 13.3. The van der Waals surface area contributed by atoms with Crippen molar-refractivity contribution in [3.8, 4) is 21.1 Å². The molecule has 0 saturated carbocycles. The van der Waals surface area contributed by atoms with Gasteiger partial charge in [-0.15, -0.1) is 22.7 Å². The van der Waals surface area contributed by atoms with E-state index >= 15 is 0 Å². The number of rotatable bonds is 3. The third-order valence-electron chi connectivity index (χ3n) is 4.19. The molecule has 0 radical (unpaired) electrons. The van der Waals surface area contributed by atoms with E-state index in [1.165, 1.54) is 21.0 Å². The molecule has 2 aromatic heterocycles. The van der Waals surface area contributed by atoms with Gasteiger partial charge in [-0.2, -0.15) is 0 Å². The van der Waals surface area contributed by atoms with Crippen LogP contribution in [0.1, 0.15) is 11.1 Å². The van der Waals surface area contributed by atoms with Crippen LogP contribution >= 0.6 is 22.7 Å². The molecule has 124 valence electrons. The Morgan fingerprint density at radius 1 is 1.21 bits per heavy atom. The molecule has 1 aromatic carbocycles. The van der Waals surface area contributed by atoms with Gasteiger partial charge in [-0.25, -0.2) is 13.4 Å². The quantitative estimate of drug-likeness (QED) is 0.689. The number of aromatic nitrogens is 1. The Morgan fingerprint density at radius 2 is 2.04 bits per heavy atom. The van der Waals surface area contributed by atoms with Gasteiger partial charge in [0.15, 0.2) is 0 Å². The Balaban J connectivity index is 1.70. The summed E-state index contributed by atoms with van der Waals surface area (Å²) in [6, 6.07) is 8.04. The molecular weight excluding hydrogens is 360 g/mol. The van der Waals surface area contributed by atoms with E-state index in [-0.39, 0.29) is 0 Å². The zero-order chi connectivity index (χ0) is 16.9. The molecule has 1 aliphatic rings. The zero-order valence-corrected chi connectivity index (χ0v) is 15.8. The van der Waals surface area contributed by atoms with Crippen LogP contribution in [0.5, 0.6) is 0 Å². The number of benzene rings is 1. The molecule has 0 saturated heterocycles. The van der Waals surface area contributed by atoms with Crippen molar-refractivity contribution in [1.82, 2.24) is 4.98 Å². The predicted octanol–water partition coefficient (Wildman–Crippen LogP) is 4.17. The summed E-state index contributed by atoms with van der Waals surface area (Å²) in [5.41, 5.74) is 5.11. The van der Waals surface area contributed by atoms with Gasteiger partial charge < -0.3 is 0 Å². The molecule has 0 fully saturated rings. The average Bonchev–Trinajstić information content (AvgIpc) is 3.23. The van der Waals surface area contributed by atoms with Crippen molar-refractivity contribution in [3.63, 3.8) is 0 Å². The minimum atomic E-state index is -3.20. The van der Waals surface area contributed by atoms with Crippen LogP contribution < -0.4 is 4.31 Å². The molecule has 0 bridgehead atoms. The minimum absolute atomic E-state index is 0.522. The smallest absolute Gasteiger partial charge is 0.232 e. The third kappa shape index (κ3) is 2.66. The monoisotopic (exact) mass is 376 g/mol. The number of hydrogen-bond acceptors (Lipinski definition) is 5. The SMILES string of the molecule is Cc1ccsc1-c1nc(-c2ccc3c(c2)CCN3S(C)(=O)=O)cs1. The van der Waals surface area contributed by atoms with E-state index in [0.717, 1.165) is 33.9 Å². The minimum Gasteiger partial charge on any atom is -0.270 e. The number of thiazole rings is 1. The van der Waals surface area contributed by atoms with Gasteiger partial charge in [0.1, 0.15) is 5.01 Å². The average molecular weight is 377 g/mol. The van der Waals surface area contributed by atoms with Crippen molar-refractivity contribution < 1.29 is 8.42 Å². The van der Waals surface area contributed by atoms with E-state index in [9.17, 15) is 8.42 Å². The molecule has 24 heavy (non-hydrogen) atoms. The summed E-state index contributed by atoms with van der Waals surface area (Å²) in [6.45, 7) is 2.62. The van der Waals surface area contributed by atoms with Crippen molar-refractivity contribution in [2.45, 2.75) is 13.3 Å². The molecule has 7 heteroatoms. The van der Waals surface area contributed by atoms with Crippen LogP contribution in [0.2, 0.25) is 0 Å². The molecule has 0 N–H and O–H groups in total. The normalized spacial score (nSPS) is 14.2. The van der Waals surface area contributed by atoms with Crippen molar-refractivity contribution in [2.24, 2.45) is 0 Å². The summed E-state index contributed by atoms with van der Waals surface area (Å²) < 4.78 is 25.1. The number of sulfonamides is 1. The highest BCUT2D eigenvalue weighted by atomic mass is 32.2. The van der Waals surface area contributed by atoms with Crippen LogP contribution in [-0.2, 0) is 16.4 Å². The van der Waals surface area contributed by atoms with E-state index in [2.05, 4.69) is 29.8 Å². The van der Waals surface area contributed by atoms with E-state index in [1.807, 2.05) is 12.1 Å². The highest BCUT2D eigenvalue weighted by Crippen LogP contribution is 2.37. The van der Waals surface area contributed by atoms with E-state index < -0.39 is 10.0 Å². The first kappa shape index (κ1) is 15.8. The molecule has 0 spiro atoms. The second kappa shape index (κ2) is 5.68. The fraction of sp³-hybridized carbons (Fsp3) is 0.235. The molecular formula is C17H16N2O2S3. The summed E-state index contributed by atoms with van der Waals surface area (Å²) in [5.74, 6) is 0. The molecule has 1 aliphatic heterocycles. The molecule has 0 unspecified atom stereocenters. The fourth-order valence-electron chi connectivity index (χ4n) is 2.98. The third-order valence-corrected chi connectivity index (χ3v) is 7.38. The molecule has 0 amide bonds. The highest BCUT2D eigenvalue weighted by molar-refractivity contribution is 7.92. The van der Waals surface area contributed by atoms with Gasteiger partial charge in [-0.3, -0.25) is 4.31 Å². The second-order valence-electron chi connectivity index (χ2n) is 5.90. The van der Waals surface area contributed by atoms with Crippen molar-refractivity contribution in [3.05, 3.63) is 46.2 Å². The maximum atomic E-state index is 11.8. The van der Waals surface area contributed by atoms with Gasteiger partial charge in [-0.1, -0.05) is 6.07 Å². The fourth-order valence-corrected chi connectivity index (χ4v) is 5.86. The number of hydrogen-bond donors (Lipinski definition) is 0. The van der Waals surface area contributed by atoms with Crippen LogP contribution in [0.4, 0.5) is 5.69 Å². The summed E-state index contributed by atoms with van der Waals surface area (Å²) in [6.07, 6.45) is 2.00. The molecule has 4 rings (SSSR count). The molecule has 0 aliphatic carbocycles.